The Labute approximate surface area is 63.2 Å². The second-order valence-electron chi connectivity index (χ2n) is 4.11. The molecule has 0 unspecified atom stereocenters. The molecule has 1 aliphatic heterocycles. The van der Waals surface area contributed by atoms with Crippen molar-refractivity contribution in [2.45, 2.75) is 32.6 Å². The second kappa shape index (κ2) is 2.23. The van der Waals surface area contributed by atoms with Gasteiger partial charge in [0.2, 0.25) is 0 Å². The fourth-order valence-electron chi connectivity index (χ4n) is 2.60. The largest absolute Gasteiger partial charge is 0.316 e. The van der Waals surface area contributed by atoms with Gasteiger partial charge in [-0.25, -0.2) is 0 Å². The molecule has 1 nitrogen and oxygen atoms in total. The van der Waals surface area contributed by atoms with Gasteiger partial charge in [0.15, 0.2) is 0 Å². The molecular formula is C9H17N. The van der Waals surface area contributed by atoms with Crippen LogP contribution in [0.3, 0.4) is 0 Å². The Hall–Kier alpha value is -0.0400. The van der Waals surface area contributed by atoms with Gasteiger partial charge < -0.3 is 5.32 Å². The maximum Gasteiger partial charge on any atom is 0.000849 e. The van der Waals surface area contributed by atoms with Crippen molar-refractivity contribution >= 4 is 0 Å². The Balaban J connectivity index is 1.86. The number of hydrogen-bond acceptors (Lipinski definition) is 1. The lowest BCUT2D eigenvalue weighted by Crippen LogP contribution is -2.38. The molecule has 1 spiro atoms. The molecule has 1 aliphatic carbocycles. The average molecular weight is 139 g/mol. The summed E-state index contributed by atoms with van der Waals surface area (Å²) in [5, 5.41) is 3.46. The molecule has 58 valence electrons. The fraction of sp³-hybridized carbons (Fsp3) is 1.00. The van der Waals surface area contributed by atoms with Gasteiger partial charge in [-0.2, -0.15) is 0 Å². The third kappa shape index (κ3) is 0.878. The van der Waals surface area contributed by atoms with Gasteiger partial charge in [-0.05, 0) is 37.1 Å². The third-order valence-electron chi connectivity index (χ3n) is 3.35. The van der Waals surface area contributed by atoms with E-state index >= 15 is 0 Å². The zero-order valence-electron chi connectivity index (χ0n) is 6.82. The average Bonchev–Trinajstić information content (AvgIpc) is 2.30. The summed E-state index contributed by atoms with van der Waals surface area (Å²) in [6.45, 7) is 4.90. The summed E-state index contributed by atoms with van der Waals surface area (Å²) in [4.78, 5) is 0. The smallest absolute Gasteiger partial charge is 0.000849 e. The van der Waals surface area contributed by atoms with Gasteiger partial charge >= 0.3 is 0 Å². The van der Waals surface area contributed by atoms with Crippen LogP contribution in [0.2, 0.25) is 0 Å². The fourth-order valence-corrected chi connectivity index (χ4v) is 2.60. The Kier molecular flexibility index (Phi) is 1.48. The summed E-state index contributed by atoms with van der Waals surface area (Å²) in [6.07, 6.45) is 5.87. The van der Waals surface area contributed by atoms with Crippen molar-refractivity contribution in [1.82, 2.24) is 5.32 Å². The molecule has 0 aromatic carbocycles. The van der Waals surface area contributed by atoms with Crippen LogP contribution in [0.1, 0.15) is 32.6 Å². The van der Waals surface area contributed by atoms with Crippen molar-refractivity contribution in [2.75, 3.05) is 13.1 Å². The first-order valence-electron chi connectivity index (χ1n) is 4.55. The minimum absolute atomic E-state index is 0.778. The van der Waals surface area contributed by atoms with E-state index in [4.69, 9.17) is 0 Å². The van der Waals surface area contributed by atoms with Gasteiger partial charge in [-0.3, -0.25) is 0 Å². The lowest BCUT2D eigenvalue weighted by Gasteiger charge is -2.44. The van der Waals surface area contributed by atoms with E-state index in [1.165, 1.54) is 38.8 Å². The predicted molar refractivity (Wildman–Crippen MR) is 42.9 cm³/mol. The lowest BCUT2D eigenvalue weighted by atomic mass is 9.61. The summed E-state index contributed by atoms with van der Waals surface area (Å²) in [7, 11) is 0. The van der Waals surface area contributed by atoms with Crippen LogP contribution < -0.4 is 5.32 Å². The van der Waals surface area contributed by atoms with E-state index in [9.17, 15) is 0 Å². The topological polar surface area (TPSA) is 12.0 Å². The molecule has 1 heteroatoms. The highest BCUT2D eigenvalue weighted by Crippen LogP contribution is 2.50. The van der Waals surface area contributed by atoms with Crippen molar-refractivity contribution in [3.8, 4) is 0 Å². The Morgan fingerprint density at radius 1 is 1.50 bits per heavy atom. The first kappa shape index (κ1) is 6.66. The summed E-state index contributed by atoms with van der Waals surface area (Å²) in [6, 6.07) is 0. The summed E-state index contributed by atoms with van der Waals surface area (Å²) in [5.41, 5.74) is 0.778. The first-order chi connectivity index (χ1) is 4.85. The first-order valence-corrected chi connectivity index (χ1v) is 4.55. The zero-order valence-corrected chi connectivity index (χ0v) is 6.82. The Morgan fingerprint density at radius 2 is 2.30 bits per heavy atom. The Morgan fingerprint density at radius 3 is 2.80 bits per heavy atom. The highest BCUT2D eigenvalue weighted by molar-refractivity contribution is 4.98. The van der Waals surface area contributed by atoms with Crippen LogP contribution in [-0.4, -0.2) is 13.1 Å². The monoisotopic (exact) mass is 139 g/mol. The minimum Gasteiger partial charge on any atom is -0.316 e. The Bertz CT molecular complexity index is 117. The molecular weight excluding hydrogens is 122 g/mol. The molecule has 1 heterocycles. The molecule has 0 atom stereocenters. The third-order valence-corrected chi connectivity index (χ3v) is 3.35. The highest BCUT2D eigenvalue weighted by atomic mass is 14.9. The summed E-state index contributed by atoms with van der Waals surface area (Å²) < 4.78 is 0. The number of hydrogen-bond donors (Lipinski definition) is 1. The van der Waals surface area contributed by atoms with E-state index in [2.05, 4.69) is 12.2 Å². The molecule has 2 fully saturated rings. The van der Waals surface area contributed by atoms with Gasteiger partial charge in [0.25, 0.3) is 0 Å². The van der Waals surface area contributed by atoms with E-state index in [1.54, 1.807) is 0 Å². The standard InChI is InChI=1S/C9H17N/c1-2-8-5-9(6-8)3-4-10-7-9/h8,10H,2-7H2,1H3. The van der Waals surface area contributed by atoms with Crippen molar-refractivity contribution in [2.24, 2.45) is 11.3 Å². The van der Waals surface area contributed by atoms with E-state index in [0.717, 1.165) is 11.3 Å². The van der Waals surface area contributed by atoms with Gasteiger partial charge in [0, 0.05) is 6.54 Å². The van der Waals surface area contributed by atoms with Crippen LogP contribution >= 0.6 is 0 Å². The maximum absolute atomic E-state index is 3.46. The molecule has 10 heavy (non-hydrogen) atoms. The van der Waals surface area contributed by atoms with Gasteiger partial charge in [-0.15, -0.1) is 0 Å². The highest BCUT2D eigenvalue weighted by Gasteiger charge is 2.44. The van der Waals surface area contributed by atoms with Crippen LogP contribution in [0.25, 0.3) is 0 Å². The predicted octanol–water partition coefficient (Wildman–Crippen LogP) is 1.79. The summed E-state index contributed by atoms with van der Waals surface area (Å²) >= 11 is 0. The van der Waals surface area contributed by atoms with E-state index < -0.39 is 0 Å². The van der Waals surface area contributed by atoms with Crippen molar-refractivity contribution in [1.29, 1.82) is 0 Å². The van der Waals surface area contributed by atoms with Crippen LogP contribution in [0.15, 0.2) is 0 Å². The van der Waals surface area contributed by atoms with Crippen LogP contribution in [0.4, 0.5) is 0 Å². The van der Waals surface area contributed by atoms with Crippen molar-refractivity contribution in [3.63, 3.8) is 0 Å². The molecule has 2 aliphatic rings. The van der Waals surface area contributed by atoms with Gasteiger partial charge in [0.05, 0.1) is 0 Å². The maximum atomic E-state index is 3.46. The molecule has 0 bridgehead atoms. The van der Waals surface area contributed by atoms with Crippen LogP contribution in [-0.2, 0) is 0 Å². The van der Waals surface area contributed by atoms with E-state index in [1.807, 2.05) is 0 Å². The molecule has 0 amide bonds. The van der Waals surface area contributed by atoms with Crippen LogP contribution in [0, 0.1) is 11.3 Å². The molecule has 1 saturated heterocycles. The normalized spacial score (nSPS) is 45.9. The zero-order chi connectivity index (χ0) is 7.03. The van der Waals surface area contributed by atoms with Crippen LogP contribution in [0.5, 0.6) is 0 Å². The molecule has 0 radical (unpaired) electrons. The van der Waals surface area contributed by atoms with Crippen molar-refractivity contribution in [3.05, 3.63) is 0 Å². The number of rotatable bonds is 1. The molecule has 2 rings (SSSR count). The van der Waals surface area contributed by atoms with Gasteiger partial charge in [0.1, 0.15) is 0 Å². The summed E-state index contributed by atoms with van der Waals surface area (Å²) in [5.74, 6) is 1.07. The second-order valence-corrected chi connectivity index (χ2v) is 4.11. The lowest BCUT2D eigenvalue weighted by molar-refractivity contribution is 0.0741. The van der Waals surface area contributed by atoms with Gasteiger partial charge in [-0.1, -0.05) is 13.3 Å². The molecule has 0 aromatic rings. The quantitative estimate of drug-likeness (QED) is 0.584. The molecule has 0 aromatic heterocycles. The van der Waals surface area contributed by atoms with Crippen molar-refractivity contribution < 1.29 is 0 Å². The minimum atomic E-state index is 0.778. The van der Waals surface area contributed by atoms with E-state index in [-0.39, 0.29) is 0 Å². The van der Waals surface area contributed by atoms with E-state index in [0.29, 0.717) is 0 Å². The molecule has 1 N–H and O–H groups in total. The molecule has 1 saturated carbocycles. The SMILES string of the molecule is CCC1CC2(CCNC2)C1. The number of nitrogens with one attached hydrogen (secondary N) is 1.